The van der Waals surface area contributed by atoms with Gasteiger partial charge in [-0.15, -0.1) is 0 Å². The molecule has 1 aromatic carbocycles. The fraction of sp³-hybridized carbons (Fsp3) is 0.667. The third kappa shape index (κ3) is 12.5. The molecule has 0 saturated carbocycles. The number of hydrogen-bond donors (Lipinski definition) is 2. The number of carbonyl (C=O) groups excluding carboxylic acids is 1. The largest absolute Gasteiger partial charge is 0.466 e. The van der Waals surface area contributed by atoms with Crippen LogP contribution in [0.5, 0.6) is 0 Å². The van der Waals surface area contributed by atoms with Crippen molar-refractivity contribution < 1.29 is 14.6 Å². The minimum atomic E-state index is -0.293. The molecule has 1 atom stereocenters. The van der Waals surface area contributed by atoms with Gasteiger partial charge in [-0.3, -0.25) is 4.79 Å². The Balaban J connectivity index is 1.87. The Labute approximate surface area is 153 Å². The maximum Gasteiger partial charge on any atom is 0.305 e. The maximum absolute atomic E-state index is 11.4. The molecule has 4 nitrogen and oxygen atoms in total. The standard InChI is InChI=1S/C21H35NO3/c1-2-3-17-25-21(24)16-12-7-5-4-6-11-15-20(23)18-22-19-13-9-8-10-14-19/h8-10,13-14,20,22-23H,2-7,11-12,15-18H2,1H3. The van der Waals surface area contributed by atoms with Crippen molar-refractivity contribution in [2.24, 2.45) is 0 Å². The number of benzene rings is 1. The van der Waals surface area contributed by atoms with Crippen LogP contribution < -0.4 is 5.32 Å². The van der Waals surface area contributed by atoms with Crippen LogP contribution in [-0.2, 0) is 9.53 Å². The number of hydrogen-bond acceptors (Lipinski definition) is 4. The normalized spacial score (nSPS) is 11.9. The fourth-order valence-corrected chi connectivity index (χ4v) is 2.65. The van der Waals surface area contributed by atoms with Crippen molar-refractivity contribution in [1.82, 2.24) is 0 Å². The van der Waals surface area contributed by atoms with E-state index >= 15 is 0 Å². The lowest BCUT2D eigenvalue weighted by Gasteiger charge is -2.12. The molecule has 4 heteroatoms. The molecule has 1 rings (SSSR count). The quantitative estimate of drug-likeness (QED) is 0.348. The second kappa shape index (κ2) is 14.8. The van der Waals surface area contributed by atoms with Crippen LogP contribution in [0.1, 0.15) is 71.1 Å². The number of anilines is 1. The zero-order valence-electron chi connectivity index (χ0n) is 15.7. The minimum absolute atomic E-state index is 0.0533. The number of para-hydroxylation sites is 1. The lowest BCUT2D eigenvalue weighted by Crippen LogP contribution is -2.19. The molecule has 0 aliphatic heterocycles. The predicted octanol–water partition coefficient (Wildman–Crippen LogP) is 4.92. The highest BCUT2D eigenvalue weighted by atomic mass is 16.5. The number of carbonyl (C=O) groups is 1. The first kappa shape index (κ1) is 21.5. The molecular weight excluding hydrogens is 314 g/mol. The molecule has 0 fully saturated rings. The zero-order valence-corrected chi connectivity index (χ0v) is 15.7. The molecule has 0 aliphatic carbocycles. The highest BCUT2D eigenvalue weighted by Crippen LogP contribution is 2.11. The van der Waals surface area contributed by atoms with Crippen molar-refractivity contribution in [2.45, 2.75) is 77.2 Å². The van der Waals surface area contributed by atoms with E-state index in [1.807, 2.05) is 30.3 Å². The third-order valence-electron chi connectivity index (χ3n) is 4.24. The smallest absolute Gasteiger partial charge is 0.305 e. The Hall–Kier alpha value is -1.55. The molecule has 0 amide bonds. The summed E-state index contributed by atoms with van der Waals surface area (Å²) in [7, 11) is 0. The van der Waals surface area contributed by atoms with Gasteiger partial charge in [0.1, 0.15) is 0 Å². The molecule has 0 aliphatic rings. The molecular formula is C21H35NO3. The number of esters is 1. The van der Waals surface area contributed by atoms with Gasteiger partial charge in [0.05, 0.1) is 12.7 Å². The van der Waals surface area contributed by atoms with Gasteiger partial charge in [0.2, 0.25) is 0 Å². The lowest BCUT2D eigenvalue weighted by molar-refractivity contribution is -0.143. The summed E-state index contributed by atoms with van der Waals surface area (Å²) >= 11 is 0. The number of nitrogens with one attached hydrogen (secondary N) is 1. The highest BCUT2D eigenvalue weighted by Gasteiger charge is 2.04. The average Bonchev–Trinajstić information content (AvgIpc) is 2.63. The lowest BCUT2D eigenvalue weighted by atomic mass is 10.1. The Kier molecular flexibility index (Phi) is 12.7. The molecule has 142 valence electrons. The van der Waals surface area contributed by atoms with E-state index in [2.05, 4.69) is 12.2 Å². The molecule has 2 N–H and O–H groups in total. The van der Waals surface area contributed by atoms with Crippen molar-refractivity contribution in [2.75, 3.05) is 18.5 Å². The van der Waals surface area contributed by atoms with Crippen LogP contribution in [0.2, 0.25) is 0 Å². The molecule has 0 radical (unpaired) electrons. The first-order valence-corrected chi connectivity index (χ1v) is 9.85. The number of ether oxygens (including phenoxy) is 1. The van der Waals surface area contributed by atoms with Crippen LogP contribution in [0.15, 0.2) is 30.3 Å². The summed E-state index contributed by atoms with van der Waals surface area (Å²) in [4.78, 5) is 11.4. The van der Waals surface area contributed by atoms with Gasteiger partial charge < -0.3 is 15.2 Å². The summed E-state index contributed by atoms with van der Waals surface area (Å²) in [5.41, 5.74) is 1.05. The minimum Gasteiger partial charge on any atom is -0.466 e. The molecule has 25 heavy (non-hydrogen) atoms. The van der Waals surface area contributed by atoms with Gasteiger partial charge in [-0.2, -0.15) is 0 Å². The molecule has 0 spiro atoms. The molecule has 0 aromatic heterocycles. The van der Waals surface area contributed by atoms with Crippen LogP contribution >= 0.6 is 0 Å². The van der Waals surface area contributed by atoms with E-state index in [1.165, 1.54) is 6.42 Å². The van der Waals surface area contributed by atoms with Gasteiger partial charge in [-0.25, -0.2) is 0 Å². The van der Waals surface area contributed by atoms with Crippen LogP contribution in [0.4, 0.5) is 5.69 Å². The summed E-state index contributed by atoms with van der Waals surface area (Å²) in [5, 5.41) is 13.2. The average molecular weight is 350 g/mol. The van der Waals surface area contributed by atoms with E-state index < -0.39 is 0 Å². The Morgan fingerprint density at radius 1 is 1.04 bits per heavy atom. The van der Waals surface area contributed by atoms with Gasteiger partial charge in [0.25, 0.3) is 0 Å². The second-order valence-electron chi connectivity index (χ2n) is 6.63. The summed E-state index contributed by atoms with van der Waals surface area (Å²) in [6.45, 7) is 3.26. The predicted molar refractivity (Wildman–Crippen MR) is 104 cm³/mol. The van der Waals surface area contributed by atoms with Gasteiger partial charge in [0, 0.05) is 18.7 Å². The van der Waals surface area contributed by atoms with Gasteiger partial charge in [-0.05, 0) is 31.4 Å². The number of rotatable bonds is 15. The van der Waals surface area contributed by atoms with E-state index in [0.717, 1.165) is 57.1 Å². The SMILES string of the molecule is CCCCOC(=O)CCCCCCCCC(O)CNc1ccccc1. The van der Waals surface area contributed by atoms with Crippen LogP contribution in [0.25, 0.3) is 0 Å². The topological polar surface area (TPSA) is 58.6 Å². The van der Waals surface area contributed by atoms with E-state index in [0.29, 0.717) is 19.6 Å². The van der Waals surface area contributed by atoms with Crippen molar-refractivity contribution in [1.29, 1.82) is 0 Å². The second-order valence-corrected chi connectivity index (χ2v) is 6.63. The fourth-order valence-electron chi connectivity index (χ4n) is 2.65. The number of unbranched alkanes of at least 4 members (excludes halogenated alkanes) is 6. The van der Waals surface area contributed by atoms with Crippen molar-refractivity contribution >= 4 is 11.7 Å². The zero-order chi connectivity index (χ0) is 18.2. The van der Waals surface area contributed by atoms with Crippen LogP contribution in [0.3, 0.4) is 0 Å². The van der Waals surface area contributed by atoms with Crippen molar-refractivity contribution in [3.05, 3.63) is 30.3 Å². The number of aliphatic hydroxyl groups is 1. The Morgan fingerprint density at radius 2 is 1.72 bits per heavy atom. The molecule has 0 bridgehead atoms. The van der Waals surface area contributed by atoms with Crippen molar-refractivity contribution in [3.63, 3.8) is 0 Å². The van der Waals surface area contributed by atoms with Crippen LogP contribution in [0, 0.1) is 0 Å². The molecule has 0 heterocycles. The summed E-state index contributed by atoms with van der Waals surface area (Å²) in [5.74, 6) is -0.0533. The third-order valence-corrected chi connectivity index (χ3v) is 4.24. The van der Waals surface area contributed by atoms with Crippen molar-refractivity contribution in [3.8, 4) is 0 Å². The molecule has 1 unspecified atom stereocenters. The van der Waals surface area contributed by atoms with Crippen LogP contribution in [-0.4, -0.2) is 30.3 Å². The van der Waals surface area contributed by atoms with E-state index in [9.17, 15) is 9.90 Å². The monoisotopic (exact) mass is 349 g/mol. The Bertz CT molecular complexity index is 436. The highest BCUT2D eigenvalue weighted by molar-refractivity contribution is 5.69. The summed E-state index contributed by atoms with van der Waals surface area (Å²) in [6, 6.07) is 9.97. The summed E-state index contributed by atoms with van der Waals surface area (Å²) < 4.78 is 5.14. The van der Waals surface area contributed by atoms with E-state index in [1.54, 1.807) is 0 Å². The first-order valence-electron chi connectivity index (χ1n) is 9.85. The van der Waals surface area contributed by atoms with Gasteiger partial charge in [0.15, 0.2) is 0 Å². The van der Waals surface area contributed by atoms with Gasteiger partial charge >= 0.3 is 5.97 Å². The van der Waals surface area contributed by atoms with Gasteiger partial charge in [-0.1, -0.05) is 63.6 Å². The van der Waals surface area contributed by atoms with E-state index in [4.69, 9.17) is 4.74 Å². The molecule has 0 saturated heterocycles. The number of aliphatic hydroxyl groups excluding tert-OH is 1. The maximum atomic E-state index is 11.4. The first-order chi connectivity index (χ1) is 12.2. The Morgan fingerprint density at radius 3 is 2.44 bits per heavy atom. The molecule has 1 aromatic rings. The summed E-state index contributed by atoms with van der Waals surface area (Å²) in [6.07, 6.45) is 9.64. The van der Waals surface area contributed by atoms with E-state index in [-0.39, 0.29) is 12.1 Å².